The van der Waals surface area contributed by atoms with Gasteiger partial charge in [-0.25, -0.2) is 0 Å². The Hall–Kier alpha value is -1.31. The minimum Gasteiger partial charge on any atom is -1.00 e. The summed E-state index contributed by atoms with van der Waals surface area (Å²) >= 11 is 0. The molecule has 1 aliphatic heterocycles. The van der Waals surface area contributed by atoms with Crippen molar-refractivity contribution < 1.29 is 41.2 Å². The minimum atomic E-state index is -1.33. The van der Waals surface area contributed by atoms with E-state index in [1.165, 1.54) is 38.9 Å². The molecule has 6 nitrogen and oxygen atoms in total. The first kappa shape index (κ1) is 26.7. The number of benzene rings is 1. The van der Waals surface area contributed by atoms with Crippen LogP contribution in [-0.4, -0.2) is 55.1 Å². The van der Waals surface area contributed by atoms with Gasteiger partial charge in [0.1, 0.15) is 18.4 Å². The van der Waals surface area contributed by atoms with Crippen molar-refractivity contribution in [3.8, 4) is 5.75 Å². The molecule has 2 N–H and O–H groups in total. The number of carbonyl (C=O) groups excluding carboxylic acids is 1. The van der Waals surface area contributed by atoms with Crippen molar-refractivity contribution in [1.82, 2.24) is 0 Å². The third-order valence-corrected chi connectivity index (χ3v) is 5.14. The standard InChI is InChI=1S/C12H17NO3.C9H20NO.BrH/c1-2-3-6-9-16-11-8-5-4-7-10(11)13-12(14)15;1-2-10(8-9-11)6-4-3-5-7-10;/h4-5,7-8,13H,2-3,6,9H2,1H3,(H,14,15);11H,2-9H2,1H3;1H/q;+1;/p-2. The largest absolute Gasteiger partial charge is 1.00 e. The van der Waals surface area contributed by atoms with E-state index in [2.05, 4.69) is 19.2 Å². The lowest BCUT2D eigenvalue weighted by atomic mass is 10.1. The van der Waals surface area contributed by atoms with Crippen LogP contribution in [0.2, 0.25) is 0 Å². The average molecular weight is 460 g/mol. The number of carbonyl (C=O) groups is 1. The summed E-state index contributed by atoms with van der Waals surface area (Å²) in [7, 11) is 0. The summed E-state index contributed by atoms with van der Waals surface area (Å²) in [6.45, 7) is 10.0. The second-order valence-electron chi connectivity index (χ2n) is 7.08. The highest BCUT2D eigenvalue weighted by atomic mass is 79.9. The normalized spacial score (nSPS) is 14.8. The van der Waals surface area contributed by atoms with Gasteiger partial charge in [-0.05, 0) is 44.7 Å². The number of piperidine rings is 1. The number of nitrogens with one attached hydrogen (secondary N) is 1. The van der Waals surface area contributed by atoms with Crippen LogP contribution in [0.25, 0.3) is 0 Å². The van der Waals surface area contributed by atoms with Crippen LogP contribution in [0.3, 0.4) is 0 Å². The van der Waals surface area contributed by atoms with E-state index in [0.717, 1.165) is 30.3 Å². The fraction of sp³-hybridized carbons (Fsp3) is 0.667. The van der Waals surface area contributed by atoms with Gasteiger partial charge in [0, 0.05) is 0 Å². The fourth-order valence-electron chi connectivity index (χ4n) is 3.43. The van der Waals surface area contributed by atoms with Crippen LogP contribution < -0.4 is 32.1 Å². The Morgan fingerprint density at radius 3 is 2.43 bits per heavy atom. The Labute approximate surface area is 180 Å². The maximum atomic E-state index is 10.4. The van der Waals surface area contributed by atoms with Gasteiger partial charge in [-0.3, -0.25) is 0 Å². The number of nitrogens with zero attached hydrogens (tertiary/aromatic N) is 1. The second kappa shape index (κ2) is 15.6. The first-order valence-corrected chi connectivity index (χ1v) is 10.2. The van der Waals surface area contributed by atoms with Crippen molar-refractivity contribution in [2.45, 2.75) is 52.4 Å². The number of carboxylic acid groups (broad SMARTS) is 1. The molecular weight excluding hydrogens is 424 g/mol. The molecule has 162 valence electrons. The first-order chi connectivity index (χ1) is 13.1. The average Bonchev–Trinajstić information content (AvgIpc) is 2.67. The summed E-state index contributed by atoms with van der Waals surface area (Å²) in [5.74, 6) is 0.544. The molecule has 1 amide bonds. The predicted octanol–water partition coefficient (Wildman–Crippen LogP) is 0.0141. The van der Waals surface area contributed by atoms with Gasteiger partial charge in [0.2, 0.25) is 0 Å². The zero-order valence-corrected chi connectivity index (χ0v) is 18.9. The SMILES string of the molecule is CCCCCOc1ccccc1NC(=O)[O-].CC[N+]1(CCO)CCCCC1.[Br-]. The van der Waals surface area contributed by atoms with Gasteiger partial charge in [0.05, 0.1) is 38.5 Å². The Bertz CT molecular complexity index is 531. The van der Waals surface area contributed by atoms with E-state index < -0.39 is 6.09 Å². The number of aliphatic hydroxyl groups excluding tert-OH is 1. The summed E-state index contributed by atoms with van der Waals surface area (Å²) in [5.41, 5.74) is 0.430. The van der Waals surface area contributed by atoms with Gasteiger partial charge in [0.25, 0.3) is 0 Å². The maximum Gasteiger partial charge on any atom is 0.142 e. The quantitative estimate of drug-likeness (QED) is 0.402. The molecule has 0 radical (unpaired) electrons. The van der Waals surface area contributed by atoms with Crippen molar-refractivity contribution in [3.05, 3.63) is 24.3 Å². The molecule has 1 aromatic carbocycles. The fourth-order valence-corrected chi connectivity index (χ4v) is 3.43. The van der Waals surface area contributed by atoms with Crippen molar-refractivity contribution in [3.63, 3.8) is 0 Å². The molecule has 1 fully saturated rings. The molecule has 7 heteroatoms. The Kier molecular flexibility index (Phi) is 14.9. The molecule has 0 aliphatic carbocycles. The lowest BCUT2D eigenvalue weighted by molar-refractivity contribution is -0.931. The summed E-state index contributed by atoms with van der Waals surface area (Å²) in [5, 5.41) is 21.5. The van der Waals surface area contributed by atoms with Gasteiger partial charge in [-0.1, -0.05) is 31.9 Å². The number of anilines is 1. The van der Waals surface area contributed by atoms with Crippen LogP contribution in [0.15, 0.2) is 24.3 Å². The topological polar surface area (TPSA) is 81.6 Å². The van der Waals surface area contributed by atoms with Crippen LogP contribution in [-0.2, 0) is 0 Å². The molecular formula is C21H36BrN2O4-. The van der Waals surface area contributed by atoms with Gasteiger partial charge in [0.15, 0.2) is 0 Å². The van der Waals surface area contributed by atoms with Crippen molar-refractivity contribution >= 4 is 11.8 Å². The van der Waals surface area contributed by atoms with Gasteiger partial charge in [-0.15, -0.1) is 0 Å². The van der Waals surface area contributed by atoms with Crippen LogP contribution in [0, 0.1) is 0 Å². The number of hydrogen-bond donors (Lipinski definition) is 2. The smallest absolute Gasteiger partial charge is 0.142 e. The summed E-state index contributed by atoms with van der Waals surface area (Å²) in [6.07, 6.45) is 5.98. The monoisotopic (exact) mass is 459 g/mol. The molecule has 0 saturated carbocycles. The van der Waals surface area contributed by atoms with Crippen LogP contribution in [0.4, 0.5) is 10.5 Å². The Morgan fingerprint density at radius 1 is 1.18 bits per heavy atom. The number of likely N-dealkylation sites (tertiary alicyclic amines) is 1. The highest BCUT2D eigenvalue weighted by molar-refractivity contribution is 5.83. The van der Waals surface area contributed by atoms with E-state index >= 15 is 0 Å². The third-order valence-electron chi connectivity index (χ3n) is 5.14. The molecule has 0 atom stereocenters. The van der Waals surface area contributed by atoms with E-state index in [9.17, 15) is 9.90 Å². The Morgan fingerprint density at radius 2 is 1.86 bits per heavy atom. The summed E-state index contributed by atoms with van der Waals surface area (Å²) in [4.78, 5) is 10.4. The predicted molar refractivity (Wildman–Crippen MR) is 107 cm³/mol. The third kappa shape index (κ3) is 10.3. The number of rotatable bonds is 9. The second-order valence-corrected chi connectivity index (χ2v) is 7.08. The number of halogens is 1. The number of para-hydroxylation sites is 2. The van der Waals surface area contributed by atoms with Gasteiger partial charge < -0.3 is 46.5 Å². The molecule has 1 heterocycles. The van der Waals surface area contributed by atoms with E-state index in [1.54, 1.807) is 24.3 Å². The van der Waals surface area contributed by atoms with Crippen molar-refractivity contribution in [2.75, 3.05) is 44.7 Å². The molecule has 2 rings (SSSR count). The maximum absolute atomic E-state index is 10.4. The summed E-state index contributed by atoms with van der Waals surface area (Å²) < 4.78 is 6.65. The van der Waals surface area contributed by atoms with Gasteiger partial charge in [-0.2, -0.15) is 0 Å². The van der Waals surface area contributed by atoms with Gasteiger partial charge >= 0.3 is 0 Å². The van der Waals surface area contributed by atoms with E-state index in [0.29, 0.717) is 24.7 Å². The number of unbranched alkanes of at least 4 members (excludes halogenated alkanes) is 2. The highest BCUT2D eigenvalue weighted by Gasteiger charge is 2.26. The highest BCUT2D eigenvalue weighted by Crippen LogP contribution is 2.23. The van der Waals surface area contributed by atoms with Crippen LogP contribution in [0.5, 0.6) is 5.75 Å². The van der Waals surface area contributed by atoms with Crippen molar-refractivity contribution in [1.29, 1.82) is 0 Å². The first-order valence-electron chi connectivity index (χ1n) is 10.2. The van der Waals surface area contributed by atoms with Crippen molar-refractivity contribution in [2.24, 2.45) is 0 Å². The lowest BCUT2D eigenvalue weighted by Gasteiger charge is -2.40. The number of hydrogen-bond acceptors (Lipinski definition) is 4. The molecule has 1 aromatic rings. The number of amides is 1. The number of aliphatic hydroxyl groups is 1. The molecule has 0 bridgehead atoms. The molecule has 0 unspecified atom stereocenters. The minimum absolute atomic E-state index is 0. The zero-order valence-electron chi connectivity index (χ0n) is 17.3. The number of quaternary nitrogens is 1. The van der Waals surface area contributed by atoms with Crippen LogP contribution in [0.1, 0.15) is 52.4 Å². The Balaban J connectivity index is 0.000000535. The number of likely N-dealkylation sites (N-methyl/N-ethyl adjacent to an activating group) is 1. The van der Waals surface area contributed by atoms with E-state index in [4.69, 9.17) is 9.84 Å². The van der Waals surface area contributed by atoms with Crippen LogP contribution >= 0.6 is 0 Å². The molecule has 0 spiro atoms. The van der Waals surface area contributed by atoms with E-state index in [1.807, 2.05) is 0 Å². The molecule has 28 heavy (non-hydrogen) atoms. The zero-order chi connectivity index (χ0) is 20.0. The number of ether oxygens (including phenoxy) is 1. The molecule has 0 aromatic heterocycles. The molecule has 1 saturated heterocycles. The van der Waals surface area contributed by atoms with E-state index in [-0.39, 0.29) is 17.0 Å². The molecule has 1 aliphatic rings. The lowest BCUT2D eigenvalue weighted by Crippen LogP contribution is -3.00. The summed E-state index contributed by atoms with van der Waals surface area (Å²) in [6, 6.07) is 6.92.